The van der Waals surface area contributed by atoms with E-state index >= 15 is 0 Å². The van der Waals surface area contributed by atoms with E-state index in [1.54, 1.807) is 5.57 Å². The molecule has 2 fully saturated rings. The van der Waals surface area contributed by atoms with Gasteiger partial charge in [-0.3, -0.25) is 0 Å². The van der Waals surface area contributed by atoms with E-state index in [9.17, 15) is 4.79 Å². The average Bonchev–Trinajstić information content (AvgIpc) is 2.85. The molecular weight excluding hydrogens is 172 g/mol. The second-order valence-electron chi connectivity index (χ2n) is 5.31. The highest BCUT2D eigenvalue weighted by atomic mass is 16.1. The van der Waals surface area contributed by atoms with E-state index in [2.05, 4.69) is 6.08 Å². The number of hydrogen-bond donors (Lipinski definition) is 0. The van der Waals surface area contributed by atoms with Gasteiger partial charge in [-0.05, 0) is 55.8 Å². The first-order chi connectivity index (χ1) is 6.88. The summed E-state index contributed by atoms with van der Waals surface area (Å²) in [5.74, 6) is 3.94. The fourth-order valence-electron chi connectivity index (χ4n) is 4.09. The minimum atomic E-state index is 0.737. The first-order valence-corrected chi connectivity index (χ1v) is 6.01. The fourth-order valence-corrected chi connectivity index (χ4v) is 4.09. The van der Waals surface area contributed by atoms with Gasteiger partial charge in [0.15, 0.2) is 0 Å². The maximum Gasteiger partial charge on any atom is 0.120 e. The van der Waals surface area contributed by atoms with E-state index in [0.717, 1.165) is 42.8 Å². The van der Waals surface area contributed by atoms with E-state index in [1.165, 1.54) is 25.7 Å². The average molecular weight is 190 g/mol. The summed E-state index contributed by atoms with van der Waals surface area (Å²) in [5.41, 5.74) is 1.59. The molecule has 1 heteroatoms. The molecule has 0 aromatic carbocycles. The van der Waals surface area contributed by atoms with E-state index in [-0.39, 0.29) is 0 Å². The molecule has 2 bridgehead atoms. The molecule has 0 spiro atoms. The molecule has 3 aliphatic rings. The summed E-state index contributed by atoms with van der Waals surface area (Å²) in [4.78, 5) is 10.3. The van der Waals surface area contributed by atoms with Crippen LogP contribution in [0.15, 0.2) is 11.6 Å². The fraction of sp³-hybridized carbons (Fsp3) is 0.769. The maximum absolute atomic E-state index is 10.3. The highest BCUT2D eigenvalue weighted by Gasteiger charge is 2.48. The smallest absolute Gasteiger partial charge is 0.120 e. The molecule has 3 aliphatic carbocycles. The third-order valence-electron chi connectivity index (χ3n) is 4.67. The number of carbonyl (C=O) groups is 1. The van der Waals surface area contributed by atoms with Gasteiger partial charge >= 0.3 is 0 Å². The summed E-state index contributed by atoms with van der Waals surface area (Å²) in [6.07, 6.45) is 11.1. The Morgan fingerprint density at radius 2 is 2.21 bits per heavy atom. The highest BCUT2D eigenvalue weighted by molar-refractivity contribution is 5.50. The Morgan fingerprint density at radius 3 is 3.00 bits per heavy atom. The van der Waals surface area contributed by atoms with Crippen LogP contribution in [0.5, 0.6) is 0 Å². The van der Waals surface area contributed by atoms with Gasteiger partial charge in [0.25, 0.3) is 0 Å². The normalized spacial score (nSPS) is 43.9. The van der Waals surface area contributed by atoms with Crippen LogP contribution in [-0.2, 0) is 4.79 Å². The van der Waals surface area contributed by atoms with Gasteiger partial charge in [0.2, 0.25) is 0 Å². The van der Waals surface area contributed by atoms with Crippen LogP contribution in [0.1, 0.15) is 38.5 Å². The van der Waals surface area contributed by atoms with Crippen LogP contribution in [0.3, 0.4) is 0 Å². The van der Waals surface area contributed by atoms with Crippen molar-refractivity contribution in [1.82, 2.24) is 0 Å². The van der Waals surface area contributed by atoms with Crippen LogP contribution < -0.4 is 0 Å². The summed E-state index contributed by atoms with van der Waals surface area (Å²) >= 11 is 0. The Hall–Kier alpha value is -0.590. The van der Waals surface area contributed by atoms with Gasteiger partial charge in [-0.15, -0.1) is 0 Å². The summed E-state index contributed by atoms with van der Waals surface area (Å²) in [6.45, 7) is 0. The lowest BCUT2D eigenvalue weighted by atomic mass is 9.81. The maximum atomic E-state index is 10.3. The minimum absolute atomic E-state index is 0.737. The molecule has 0 aliphatic heterocycles. The number of allylic oxidation sites excluding steroid dienone is 2. The summed E-state index contributed by atoms with van der Waals surface area (Å²) in [6, 6.07) is 0. The monoisotopic (exact) mass is 190 g/mol. The van der Waals surface area contributed by atoms with Gasteiger partial charge in [-0.1, -0.05) is 11.6 Å². The molecule has 0 unspecified atom stereocenters. The quantitative estimate of drug-likeness (QED) is 0.494. The first-order valence-electron chi connectivity index (χ1n) is 6.01. The third-order valence-corrected chi connectivity index (χ3v) is 4.67. The van der Waals surface area contributed by atoms with Crippen LogP contribution in [0.4, 0.5) is 0 Å². The van der Waals surface area contributed by atoms with Crippen LogP contribution >= 0.6 is 0 Å². The topological polar surface area (TPSA) is 17.1 Å². The Labute approximate surface area is 85.6 Å². The number of aldehydes is 1. The summed E-state index contributed by atoms with van der Waals surface area (Å²) < 4.78 is 0. The van der Waals surface area contributed by atoms with Crippen molar-refractivity contribution in [2.24, 2.45) is 23.7 Å². The summed E-state index contributed by atoms with van der Waals surface area (Å²) in [7, 11) is 0. The molecular formula is C13H18O. The second kappa shape index (κ2) is 3.22. The Kier molecular flexibility index (Phi) is 2.00. The van der Waals surface area contributed by atoms with Crippen molar-refractivity contribution in [2.45, 2.75) is 38.5 Å². The van der Waals surface area contributed by atoms with Crippen molar-refractivity contribution < 1.29 is 4.79 Å². The van der Waals surface area contributed by atoms with Crippen molar-refractivity contribution in [3.05, 3.63) is 11.6 Å². The van der Waals surface area contributed by atoms with Gasteiger partial charge in [0.1, 0.15) is 6.29 Å². The minimum Gasteiger partial charge on any atom is -0.303 e. The molecule has 14 heavy (non-hydrogen) atoms. The van der Waals surface area contributed by atoms with Crippen LogP contribution in [0.2, 0.25) is 0 Å². The lowest BCUT2D eigenvalue weighted by Crippen LogP contribution is -2.16. The Balaban J connectivity index is 1.70. The molecule has 2 saturated carbocycles. The molecule has 0 radical (unpaired) electrons. The number of hydrogen-bond acceptors (Lipinski definition) is 1. The van der Waals surface area contributed by atoms with Crippen molar-refractivity contribution in [3.63, 3.8) is 0 Å². The van der Waals surface area contributed by atoms with Gasteiger partial charge in [-0.2, -0.15) is 0 Å². The zero-order valence-electron chi connectivity index (χ0n) is 8.61. The number of carbonyl (C=O) groups excluding carboxylic acids is 1. The number of rotatable bonds is 3. The Bertz CT molecular complexity index is 279. The predicted molar refractivity (Wildman–Crippen MR) is 55.8 cm³/mol. The largest absolute Gasteiger partial charge is 0.303 e. The molecule has 0 saturated heterocycles. The predicted octanol–water partition coefficient (Wildman–Crippen LogP) is 2.96. The zero-order chi connectivity index (χ0) is 9.54. The van der Waals surface area contributed by atoms with Gasteiger partial charge in [0.05, 0.1) is 0 Å². The van der Waals surface area contributed by atoms with Crippen LogP contribution in [0, 0.1) is 23.7 Å². The molecule has 0 heterocycles. The molecule has 0 amide bonds. The van der Waals surface area contributed by atoms with Gasteiger partial charge in [-0.25, -0.2) is 0 Å². The van der Waals surface area contributed by atoms with Gasteiger partial charge < -0.3 is 4.79 Å². The first kappa shape index (κ1) is 8.70. The SMILES string of the molecule is O=CCCC1=C[C@H]2[C@H]3CC[C@@H](C3)[C@@H]2C1. The Morgan fingerprint density at radius 1 is 1.36 bits per heavy atom. The summed E-state index contributed by atoms with van der Waals surface area (Å²) in [5, 5.41) is 0. The molecule has 0 aromatic rings. The van der Waals surface area contributed by atoms with E-state index in [0.29, 0.717) is 0 Å². The van der Waals surface area contributed by atoms with Crippen molar-refractivity contribution in [1.29, 1.82) is 0 Å². The van der Waals surface area contributed by atoms with E-state index in [1.807, 2.05) is 0 Å². The van der Waals surface area contributed by atoms with Crippen molar-refractivity contribution in [2.75, 3.05) is 0 Å². The van der Waals surface area contributed by atoms with E-state index in [4.69, 9.17) is 0 Å². The second-order valence-corrected chi connectivity index (χ2v) is 5.31. The lowest BCUT2D eigenvalue weighted by molar-refractivity contribution is -0.107. The van der Waals surface area contributed by atoms with Crippen LogP contribution in [-0.4, -0.2) is 6.29 Å². The molecule has 76 valence electrons. The molecule has 0 aromatic heterocycles. The van der Waals surface area contributed by atoms with Crippen LogP contribution in [0.25, 0.3) is 0 Å². The third kappa shape index (κ3) is 1.18. The standard InChI is InChI=1S/C13H18O/c14-5-1-2-9-6-12-10-3-4-11(8-10)13(12)7-9/h5-6,10-13H,1-4,7-8H2/t10-,11-,12-,13-/m0/s1. The zero-order valence-corrected chi connectivity index (χ0v) is 8.61. The molecule has 0 N–H and O–H groups in total. The lowest BCUT2D eigenvalue weighted by Gasteiger charge is -2.23. The van der Waals surface area contributed by atoms with Crippen molar-refractivity contribution in [3.8, 4) is 0 Å². The van der Waals surface area contributed by atoms with Crippen molar-refractivity contribution >= 4 is 6.29 Å². The number of fused-ring (bicyclic) bond motifs is 5. The molecule has 3 rings (SSSR count). The van der Waals surface area contributed by atoms with Gasteiger partial charge in [0, 0.05) is 6.42 Å². The molecule has 4 atom stereocenters. The highest BCUT2D eigenvalue weighted by Crippen LogP contribution is 2.58. The van der Waals surface area contributed by atoms with E-state index < -0.39 is 0 Å². The molecule has 1 nitrogen and oxygen atoms in total.